The lowest BCUT2D eigenvalue weighted by Gasteiger charge is -2.20. The fourth-order valence-electron chi connectivity index (χ4n) is 1.99. The van der Waals surface area contributed by atoms with Crippen molar-refractivity contribution in [3.05, 3.63) is 45.4 Å². The Hall–Kier alpha value is -0.970. The molecule has 0 spiro atoms. The lowest BCUT2D eigenvalue weighted by molar-refractivity contribution is 0.244. The van der Waals surface area contributed by atoms with Crippen molar-refractivity contribution < 1.29 is 0 Å². The molecule has 0 amide bonds. The molecule has 1 aliphatic rings. The molecule has 0 unspecified atom stereocenters. The molecule has 0 saturated heterocycles. The van der Waals surface area contributed by atoms with E-state index in [1.54, 1.807) is 6.07 Å². The van der Waals surface area contributed by atoms with Gasteiger partial charge in [0, 0.05) is 24.0 Å². The van der Waals surface area contributed by atoms with Crippen molar-refractivity contribution in [2.24, 2.45) is 0 Å². The first kappa shape index (κ1) is 12.1. The van der Waals surface area contributed by atoms with E-state index in [4.69, 9.17) is 11.6 Å². The Morgan fingerprint density at radius 3 is 2.72 bits per heavy atom. The van der Waals surface area contributed by atoms with Crippen molar-refractivity contribution in [3.8, 4) is 0 Å². The lowest BCUT2D eigenvalue weighted by Crippen LogP contribution is -2.25. The summed E-state index contributed by atoms with van der Waals surface area (Å²) >= 11 is 7.56. The van der Waals surface area contributed by atoms with Crippen molar-refractivity contribution >= 4 is 22.9 Å². The Bertz CT molecular complexity index is 493. The summed E-state index contributed by atoms with van der Waals surface area (Å²) in [5.74, 6) is 0. The molecular weight excluding hydrogens is 266 g/mol. The summed E-state index contributed by atoms with van der Waals surface area (Å²) in [6, 6.07) is 8.77. The molecule has 0 aliphatic heterocycles. The van der Waals surface area contributed by atoms with Crippen LogP contribution in [-0.2, 0) is 13.1 Å². The molecule has 1 aliphatic carbocycles. The van der Waals surface area contributed by atoms with Gasteiger partial charge in [0.25, 0.3) is 0 Å². The largest absolute Gasteiger partial charge is 0.289 e. The van der Waals surface area contributed by atoms with E-state index in [1.165, 1.54) is 17.7 Å². The maximum absolute atomic E-state index is 5.75. The molecule has 3 rings (SSSR count). The van der Waals surface area contributed by atoms with Gasteiger partial charge >= 0.3 is 0 Å². The minimum atomic E-state index is 0.454. The Labute approximate surface area is 115 Å². The molecule has 0 radical (unpaired) electrons. The van der Waals surface area contributed by atoms with Crippen LogP contribution in [0.2, 0.25) is 5.15 Å². The molecule has 0 atom stereocenters. The highest BCUT2D eigenvalue weighted by Gasteiger charge is 2.29. The molecule has 1 saturated carbocycles. The highest BCUT2D eigenvalue weighted by Crippen LogP contribution is 2.30. The van der Waals surface area contributed by atoms with Crippen LogP contribution in [0.15, 0.2) is 29.6 Å². The van der Waals surface area contributed by atoms with Gasteiger partial charge in [-0.05, 0) is 36.4 Å². The first-order valence-electron chi connectivity index (χ1n) is 6.06. The molecule has 1 fully saturated rings. The quantitative estimate of drug-likeness (QED) is 0.840. The predicted molar refractivity (Wildman–Crippen MR) is 73.6 cm³/mol. The van der Waals surface area contributed by atoms with Crippen LogP contribution in [0.1, 0.15) is 23.4 Å². The fraction of sp³-hybridized carbons (Fsp3) is 0.385. The second kappa shape index (κ2) is 5.34. The molecule has 2 heterocycles. The molecule has 5 heteroatoms. The Morgan fingerprint density at radius 1 is 1.22 bits per heavy atom. The minimum Gasteiger partial charge on any atom is -0.289 e. The second-order valence-corrected chi connectivity index (χ2v) is 5.98. The summed E-state index contributed by atoms with van der Waals surface area (Å²) in [6.07, 6.45) is 2.60. The Morgan fingerprint density at radius 2 is 2.11 bits per heavy atom. The van der Waals surface area contributed by atoms with E-state index in [-0.39, 0.29) is 0 Å². The van der Waals surface area contributed by atoms with Crippen LogP contribution < -0.4 is 0 Å². The molecule has 0 bridgehead atoms. The maximum Gasteiger partial charge on any atom is 0.151 e. The van der Waals surface area contributed by atoms with E-state index in [0.29, 0.717) is 11.2 Å². The van der Waals surface area contributed by atoms with Crippen LogP contribution in [0.4, 0.5) is 0 Å². The summed E-state index contributed by atoms with van der Waals surface area (Å²) in [5.41, 5.74) is 0.989. The van der Waals surface area contributed by atoms with E-state index in [0.717, 1.165) is 18.8 Å². The van der Waals surface area contributed by atoms with Gasteiger partial charge in [-0.15, -0.1) is 16.4 Å². The van der Waals surface area contributed by atoms with Gasteiger partial charge < -0.3 is 0 Å². The van der Waals surface area contributed by atoms with Crippen molar-refractivity contribution in [1.82, 2.24) is 15.1 Å². The summed E-state index contributed by atoms with van der Waals surface area (Å²) in [6.45, 7) is 1.86. The summed E-state index contributed by atoms with van der Waals surface area (Å²) in [4.78, 5) is 3.88. The topological polar surface area (TPSA) is 29.0 Å². The van der Waals surface area contributed by atoms with Crippen LogP contribution in [0.5, 0.6) is 0 Å². The number of rotatable bonds is 5. The zero-order valence-corrected chi connectivity index (χ0v) is 11.5. The van der Waals surface area contributed by atoms with Gasteiger partial charge in [0.1, 0.15) is 0 Å². The van der Waals surface area contributed by atoms with Crippen molar-refractivity contribution in [2.45, 2.75) is 32.0 Å². The van der Waals surface area contributed by atoms with Crippen LogP contribution in [0, 0.1) is 0 Å². The van der Waals surface area contributed by atoms with Crippen LogP contribution >= 0.6 is 22.9 Å². The molecule has 2 aromatic rings. The first-order valence-corrected chi connectivity index (χ1v) is 7.31. The molecule has 2 aromatic heterocycles. The molecule has 18 heavy (non-hydrogen) atoms. The average molecular weight is 280 g/mol. The number of thiophene rings is 1. The van der Waals surface area contributed by atoms with Crippen molar-refractivity contribution in [3.63, 3.8) is 0 Å². The van der Waals surface area contributed by atoms with E-state index in [1.807, 2.05) is 17.4 Å². The van der Waals surface area contributed by atoms with E-state index in [9.17, 15) is 0 Å². The van der Waals surface area contributed by atoms with Gasteiger partial charge in [-0.1, -0.05) is 17.7 Å². The Balaban J connectivity index is 1.68. The number of nitrogens with zero attached hydrogens (tertiary/aromatic N) is 3. The van der Waals surface area contributed by atoms with Crippen molar-refractivity contribution in [2.75, 3.05) is 0 Å². The number of hydrogen-bond acceptors (Lipinski definition) is 4. The third-order valence-corrected chi connectivity index (χ3v) is 4.12. The van der Waals surface area contributed by atoms with Crippen LogP contribution in [0.3, 0.4) is 0 Å². The third-order valence-electron chi connectivity index (χ3n) is 3.05. The van der Waals surface area contributed by atoms with Gasteiger partial charge in [-0.25, -0.2) is 0 Å². The maximum atomic E-state index is 5.75. The number of hydrogen-bond donors (Lipinski definition) is 0. The third kappa shape index (κ3) is 3.07. The molecule has 3 nitrogen and oxygen atoms in total. The lowest BCUT2D eigenvalue weighted by atomic mass is 10.3. The molecule has 94 valence electrons. The zero-order valence-electron chi connectivity index (χ0n) is 9.92. The minimum absolute atomic E-state index is 0.454. The SMILES string of the molecule is Clc1ccc(CN(Cc2cccs2)C2CC2)nn1. The van der Waals surface area contributed by atoms with Gasteiger partial charge in [0.2, 0.25) is 0 Å². The van der Waals surface area contributed by atoms with E-state index >= 15 is 0 Å². The second-order valence-electron chi connectivity index (χ2n) is 4.56. The monoisotopic (exact) mass is 279 g/mol. The summed E-state index contributed by atoms with van der Waals surface area (Å²) in [7, 11) is 0. The average Bonchev–Trinajstić information content (AvgIpc) is 3.10. The zero-order chi connectivity index (χ0) is 12.4. The van der Waals surface area contributed by atoms with Gasteiger partial charge in [0.15, 0.2) is 5.15 Å². The highest BCUT2D eigenvalue weighted by molar-refractivity contribution is 7.09. The number of halogens is 1. The summed E-state index contributed by atoms with van der Waals surface area (Å²) in [5, 5.41) is 10.6. The van der Waals surface area contributed by atoms with Crippen molar-refractivity contribution in [1.29, 1.82) is 0 Å². The molecule has 0 aromatic carbocycles. The fourth-order valence-corrected chi connectivity index (χ4v) is 2.82. The van der Waals surface area contributed by atoms with Gasteiger partial charge in [-0.3, -0.25) is 4.90 Å². The predicted octanol–water partition coefficient (Wildman–Crippen LogP) is 3.36. The smallest absolute Gasteiger partial charge is 0.151 e. The highest BCUT2D eigenvalue weighted by atomic mass is 35.5. The van der Waals surface area contributed by atoms with Gasteiger partial charge in [0.05, 0.1) is 5.69 Å². The van der Waals surface area contributed by atoms with Gasteiger partial charge in [-0.2, -0.15) is 5.10 Å². The summed E-state index contributed by atoms with van der Waals surface area (Å²) < 4.78 is 0. The number of aromatic nitrogens is 2. The molecular formula is C13H14ClN3S. The van der Waals surface area contributed by atoms with E-state index in [2.05, 4.69) is 32.6 Å². The first-order chi connectivity index (χ1) is 8.81. The Kier molecular flexibility index (Phi) is 3.59. The van der Waals surface area contributed by atoms with Crippen LogP contribution in [0.25, 0.3) is 0 Å². The van der Waals surface area contributed by atoms with E-state index < -0.39 is 0 Å². The van der Waals surface area contributed by atoms with Crippen LogP contribution in [-0.4, -0.2) is 21.1 Å². The standard InChI is InChI=1S/C13H14ClN3S/c14-13-6-3-10(15-16-13)8-17(11-4-5-11)9-12-2-1-7-18-12/h1-3,6-7,11H,4-5,8-9H2. The molecule has 0 N–H and O–H groups in total. The normalized spacial score (nSPS) is 15.2.